The predicted molar refractivity (Wildman–Crippen MR) is 81.3 cm³/mol. The van der Waals surface area contributed by atoms with Gasteiger partial charge in [0.1, 0.15) is 22.4 Å². The highest BCUT2D eigenvalue weighted by Gasteiger charge is 2.32. The van der Waals surface area contributed by atoms with Crippen LogP contribution in [0.4, 0.5) is 5.69 Å². The van der Waals surface area contributed by atoms with Gasteiger partial charge < -0.3 is 14.4 Å². The second-order valence-corrected chi connectivity index (χ2v) is 4.84. The van der Waals surface area contributed by atoms with Gasteiger partial charge >= 0.3 is 5.97 Å². The molecule has 0 saturated carbocycles. The van der Waals surface area contributed by atoms with Crippen molar-refractivity contribution in [2.75, 3.05) is 25.2 Å². The van der Waals surface area contributed by atoms with Crippen LogP contribution in [-0.4, -0.2) is 43.1 Å². The maximum absolute atomic E-state index is 11.9. The molecule has 0 fully saturated rings. The first kappa shape index (κ1) is 15.6. The average Bonchev–Trinajstić information content (AvgIpc) is 2.91. The third-order valence-electron chi connectivity index (χ3n) is 3.17. The van der Waals surface area contributed by atoms with Crippen LogP contribution >= 0.6 is 11.6 Å². The van der Waals surface area contributed by atoms with Crippen LogP contribution in [0.15, 0.2) is 17.3 Å². The third-order valence-corrected chi connectivity index (χ3v) is 3.38. The van der Waals surface area contributed by atoms with Crippen LogP contribution in [0.5, 0.6) is 5.75 Å². The van der Waals surface area contributed by atoms with Crippen molar-refractivity contribution in [3.05, 3.63) is 17.4 Å². The van der Waals surface area contributed by atoms with E-state index in [4.69, 9.17) is 21.1 Å². The van der Waals surface area contributed by atoms with E-state index in [1.165, 1.54) is 0 Å². The normalized spacial score (nSPS) is 17.6. The highest BCUT2D eigenvalue weighted by molar-refractivity contribution is 6.29. The molecule has 2 heterocycles. The zero-order valence-corrected chi connectivity index (χ0v) is 13.1. The lowest BCUT2D eigenvalue weighted by Crippen LogP contribution is -2.32. The third kappa shape index (κ3) is 3.26. The second kappa shape index (κ2) is 6.76. The topological polar surface area (TPSA) is 64.0 Å². The molecule has 1 aliphatic rings. The number of aliphatic imine (C=N–C) groups is 1. The molecule has 1 aliphatic heterocycles. The number of aromatic nitrogens is 1. The molecule has 1 unspecified atom stereocenters. The summed E-state index contributed by atoms with van der Waals surface area (Å²) in [6, 6.07) is 1.13. The number of rotatable bonds is 5. The van der Waals surface area contributed by atoms with Crippen molar-refractivity contribution in [2.24, 2.45) is 4.99 Å². The Balaban J connectivity index is 2.29. The summed E-state index contributed by atoms with van der Waals surface area (Å²) in [6.07, 6.45) is 2.32. The maximum atomic E-state index is 11.9. The predicted octanol–water partition coefficient (Wildman–Crippen LogP) is 2.30. The van der Waals surface area contributed by atoms with Crippen molar-refractivity contribution in [3.8, 4) is 5.75 Å². The van der Waals surface area contributed by atoms with Gasteiger partial charge in [-0.1, -0.05) is 18.5 Å². The van der Waals surface area contributed by atoms with Gasteiger partial charge in [0.25, 0.3) is 0 Å². The lowest BCUT2D eigenvalue weighted by molar-refractivity contribution is -0.144. The number of hydrogen-bond donors (Lipinski definition) is 0. The zero-order valence-electron chi connectivity index (χ0n) is 12.3. The molecule has 7 heteroatoms. The van der Waals surface area contributed by atoms with Gasteiger partial charge in [-0.15, -0.1) is 0 Å². The van der Waals surface area contributed by atoms with E-state index in [9.17, 15) is 4.79 Å². The van der Waals surface area contributed by atoms with Gasteiger partial charge in [0.05, 0.1) is 26.5 Å². The lowest BCUT2D eigenvalue weighted by Gasteiger charge is -2.22. The molecule has 0 spiro atoms. The molecule has 6 nitrogen and oxygen atoms in total. The fourth-order valence-corrected chi connectivity index (χ4v) is 2.37. The molecule has 0 aliphatic carbocycles. The van der Waals surface area contributed by atoms with Crippen LogP contribution in [0.2, 0.25) is 5.15 Å². The number of ether oxygens (including phenoxy) is 2. The average molecular weight is 312 g/mol. The maximum Gasteiger partial charge on any atom is 0.332 e. The van der Waals surface area contributed by atoms with Crippen molar-refractivity contribution in [3.63, 3.8) is 0 Å². The fraction of sp³-hybridized carbons (Fsp3) is 0.500. The molecular formula is C14H18ClN3O3. The number of esters is 1. The summed E-state index contributed by atoms with van der Waals surface area (Å²) in [5, 5.41) is 0.353. The first-order valence-electron chi connectivity index (χ1n) is 6.81. The number of hydrogen-bond acceptors (Lipinski definition) is 6. The highest BCUT2D eigenvalue weighted by atomic mass is 35.5. The Morgan fingerprint density at radius 3 is 2.90 bits per heavy atom. The fourth-order valence-electron chi connectivity index (χ4n) is 2.23. The van der Waals surface area contributed by atoms with E-state index in [1.807, 2.05) is 11.8 Å². The molecule has 0 N–H and O–H groups in total. The van der Waals surface area contributed by atoms with Crippen LogP contribution in [0.25, 0.3) is 0 Å². The molecule has 0 amide bonds. The van der Waals surface area contributed by atoms with E-state index in [0.717, 1.165) is 11.5 Å². The number of methoxy groups -OCH3 is 1. The van der Waals surface area contributed by atoms with Crippen molar-refractivity contribution in [1.82, 2.24) is 4.98 Å². The smallest absolute Gasteiger partial charge is 0.332 e. The SMILES string of the molecule is CCOC(=O)C1CN(c2cnc(Cl)cc2OC)C(CC)=N1. The summed E-state index contributed by atoms with van der Waals surface area (Å²) in [5.74, 6) is 1.09. The number of halogens is 1. The molecule has 2 rings (SSSR count). The van der Waals surface area contributed by atoms with Crippen molar-refractivity contribution < 1.29 is 14.3 Å². The minimum atomic E-state index is -0.514. The van der Waals surface area contributed by atoms with Gasteiger partial charge in [-0.2, -0.15) is 0 Å². The second-order valence-electron chi connectivity index (χ2n) is 4.46. The number of pyridine rings is 1. The molecular weight excluding hydrogens is 294 g/mol. The van der Waals surface area contributed by atoms with Crippen molar-refractivity contribution >= 4 is 29.1 Å². The van der Waals surface area contributed by atoms with E-state index in [-0.39, 0.29) is 5.97 Å². The minimum Gasteiger partial charge on any atom is -0.494 e. The summed E-state index contributed by atoms with van der Waals surface area (Å²) in [7, 11) is 1.57. The summed E-state index contributed by atoms with van der Waals surface area (Å²) >= 11 is 5.88. The molecule has 0 saturated heterocycles. The van der Waals surface area contributed by atoms with Crippen LogP contribution < -0.4 is 9.64 Å². The largest absolute Gasteiger partial charge is 0.494 e. The molecule has 1 aromatic rings. The first-order valence-corrected chi connectivity index (χ1v) is 7.18. The zero-order chi connectivity index (χ0) is 15.4. The Labute approximate surface area is 128 Å². The Morgan fingerprint density at radius 1 is 1.52 bits per heavy atom. The van der Waals surface area contributed by atoms with Crippen molar-refractivity contribution in [1.29, 1.82) is 0 Å². The minimum absolute atomic E-state index is 0.313. The Morgan fingerprint density at radius 2 is 2.29 bits per heavy atom. The molecule has 0 aromatic carbocycles. The van der Waals surface area contributed by atoms with Gasteiger partial charge in [-0.3, -0.25) is 4.99 Å². The van der Waals surface area contributed by atoms with Gasteiger partial charge in [-0.25, -0.2) is 9.78 Å². The lowest BCUT2D eigenvalue weighted by atomic mass is 10.2. The Bertz CT molecular complexity index is 562. The number of carbonyl (C=O) groups excluding carboxylic acids is 1. The molecule has 0 radical (unpaired) electrons. The standard InChI is InChI=1S/C14H18ClN3O3/c1-4-13-17-9(14(19)21-5-2)8-18(13)10-7-16-12(15)6-11(10)20-3/h6-7,9H,4-5,8H2,1-3H3. The van der Waals surface area contributed by atoms with Crippen LogP contribution in [0.1, 0.15) is 20.3 Å². The van der Waals surface area contributed by atoms with E-state index >= 15 is 0 Å². The van der Waals surface area contributed by atoms with Gasteiger partial charge in [0.2, 0.25) is 0 Å². The number of anilines is 1. The van der Waals surface area contributed by atoms with Crippen LogP contribution in [-0.2, 0) is 9.53 Å². The molecule has 1 aromatic heterocycles. The Kier molecular flexibility index (Phi) is 5.01. The summed E-state index contributed by atoms with van der Waals surface area (Å²) in [5.41, 5.74) is 0.745. The quantitative estimate of drug-likeness (QED) is 0.617. The molecule has 1 atom stereocenters. The molecule has 114 valence electrons. The summed E-state index contributed by atoms with van der Waals surface area (Å²) in [4.78, 5) is 22.3. The van der Waals surface area contributed by atoms with Gasteiger partial charge in [0.15, 0.2) is 6.04 Å². The van der Waals surface area contributed by atoms with E-state index < -0.39 is 6.04 Å². The summed E-state index contributed by atoms with van der Waals surface area (Å²) < 4.78 is 10.4. The Hall–Kier alpha value is -1.82. The van der Waals surface area contributed by atoms with E-state index in [1.54, 1.807) is 26.3 Å². The van der Waals surface area contributed by atoms with E-state index in [2.05, 4.69) is 9.98 Å². The monoisotopic (exact) mass is 311 g/mol. The molecule has 0 bridgehead atoms. The number of nitrogens with zero attached hydrogens (tertiary/aromatic N) is 3. The van der Waals surface area contributed by atoms with Crippen molar-refractivity contribution in [2.45, 2.75) is 26.3 Å². The van der Waals surface area contributed by atoms with Gasteiger partial charge in [-0.05, 0) is 6.92 Å². The first-order chi connectivity index (χ1) is 10.1. The van der Waals surface area contributed by atoms with E-state index in [0.29, 0.717) is 30.5 Å². The van der Waals surface area contributed by atoms with Crippen LogP contribution in [0, 0.1) is 0 Å². The van der Waals surface area contributed by atoms with Gasteiger partial charge in [0, 0.05) is 12.5 Å². The molecule has 21 heavy (non-hydrogen) atoms. The summed E-state index contributed by atoms with van der Waals surface area (Å²) in [6.45, 7) is 4.52. The number of carbonyl (C=O) groups is 1. The highest BCUT2D eigenvalue weighted by Crippen LogP contribution is 2.32. The van der Waals surface area contributed by atoms with Crippen LogP contribution in [0.3, 0.4) is 0 Å². The number of amidine groups is 1.